The van der Waals surface area contributed by atoms with Crippen LogP contribution >= 0.6 is 28.6 Å². The predicted octanol–water partition coefficient (Wildman–Crippen LogP) is 4.44. The van der Waals surface area contributed by atoms with Crippen molar-refractivity contribution in [2.45, 2.75) is 11.8 Å². The molecule has 5 heteroatoms. The molecule has 0 aliphatic rings. The number of benzene rings is 2. The van der Waals surface area contributed by atoms with Crippen molar-refractivity contribution in [2.75, 3.05) is 5.32 Å². The fraction of sp³-hybridized carbons (Fsp3) is 0.0714. The van der Waals surface area contributed by atoms with Crippen molar-refractivity contribution in [2.24, 2.45) is 0 Å². The molecule has 0 aromatic heterocycles. The Morgan fingerprint density at radius 1 is 1.32 bits per heavy atom. The number of thiol groups is 1. The largest absolute Gasteiger partial charge is 0.322 e. The number of halogens is 2. The quantitative estimate of drug-likeness (QED) is 0.778. The average Bonchev–Trinajstić information content (AvgIpc) is 2.36. The fourth-order valence-electron chi connectivity index (χ4n) is 1.62. The molecule has 0 atom stereocenters. The summed E-state index contributed by atoms with van der Waals surface area (Å²) in [4.78, 5) is 12.8. The van der Waals surface area contributed by atoms with Crippen LogP contribution in [0.5, 0.6) is 0 Å². The van der Waals surface area contributed by atoms with Gasteiger partial charge in [0.25, 0.3) is 5.91 Å². The van der Waals surface area contributed by atoms with E-state index in [1.165, 1.54) is 6.07 Å². The van der Waals surface area contributed by atoms with Gasteiger partial charge in [-0.15, -0.1) is 12.6 Å². The lowest BCUT2D eigenvalue weighted by Gasteiger charge is -2.10. The highest BCUT2D eigenvalue weighted by Gasteiger charge is 2.10. The van der Waals surface area contributed by atoms with E-state index < -0.39 is 0 Å². The minimum Gasteiger partial charge on any atom is -0.322 e. The maximum Gasteiger partial charge on any atom is 0.255 e. The summed E-state index contributed by atoms with van der Waals surface area (Å²) in [5.74, 6) is -0.606. The minimum absolute atomic E-state index is 0.252. The molecule has 0 unspecified atom stereocenters. The van der Waals surface area contributed by atoms with Gasteiger partial charge in [-0.1, -0.05) is 6.07 Å². The summed E-state index contributed by atoms with van der Waals surface area (Å²) in [6, 6.07) is 9.83. The van der Waals surface area contributed by atoms with E-state index in [0.29, 0.717) is 26.2 Å². The van der Waals surface area contributed by atoms with Crippen molar-refractivity contribution >= 4 is 40.2 Å². The van der Waals surface area contributed by atoms with Crippen molar-refractivity contribution in [1.82, 2.24) is 0 Å². The van der Waals surface area contributed by atoms with E-state index in [0.717, 1.165) is 0 Å². The number of amides is 1. The zero-order valence-electron chi connectivity index (χ0n) is 10.1. The highest BCUT2D eigenvalue weighted by atomic mass is 79.9. The first kappa shape index (κ1) is 14.1. The standard InChI is InChI=1S/C14H11BrFNOS/c1-8-5-12(16)11(15)7-13(8)17-14(18)9-3-2-4-10(19)6-9/h2-7,19H,1H3,(H,17,18). The first-order valence-electron chi connectivity index (χ1n) is 5.53. The van der Waals surface area contributed by atoms with E-state index in [1.54, 1.807) is 37.3 Å². The lowest BCUT2D eigenvalue weighted by molar-refractivity contribution is 0.102. The summed E-state index contributed by atoms with van der Waals surface area (Å²) in [7, 11) is 0. The van der Waals surface area contributed by atoms with Crippen LogP contribution in [0.4, 0.5) is 10.1 Å². The van der Waals surface area contributed by atoms with Gasteiger partial charge in [-0.2, -0.15) is 0 Å². The van der Waals surface area contributed by atoms with Crippen molar-refractivity contribution in [3.63, 3.8) is 0 Å². The molecule has 0 aliphatic heterocycles. The van der Waals surface area contributed by atoms with Crippen molar-refractivity contribution in [1.29, 1.82) is 0 Å². The van der Waals surface area contributed by atoms with Gasteiger partial charge in [0.15, 0.2) is 0 Å². The first-order chi connectivity index (χ1) is 8.97. The Bertz CT molecular complexity index is 645. The molecule has 1 amide bonds. The molecule has 0 bridgehead atoms. The highest BCUT2D eigenvalue weighted by molar-refractivity contribution is 9.10. The molecule has 0 aliphatic carbocycles. The zero-order chi connectivity index (χ0) is 14.0. The molecule has 98 valence electrons. The molecule has 0 fully saturated rings. The van der Waals surface area contributed by atoms with Gasteiger partial charge in [-0.05, 0) is 58.7 Å². The van der Waals surface area contributed by atoms with Gasteiger partial charge in [-0.25, -0.2) is 4.39 Å². The molecule has 0 heterocycles. The smallest absolute Gasteiger partial charge is 0.255 e. The summed E-state index contributed by atoms with van der Waals surface area (Å²) in [5, 5.41) is 2.75. The number of rotatable bonds is 2. The minimum atomic E-state index is -0.354. The lowest BCUT2D eigenvalue weighted by Crippen LogP contribution is -2.13. The number of carbonyl (C=O) groups is 1. The Hall–Kier alpha value is -1.33. The van der Waals surface area contributed by atoms with Crippen LogP contribution in [0.2, 0.25) is 0 Å². The third-order valence-corrected chi connectivity index (χ3v) is 3.51. The first-order valence-corrected chi connectivity index (χ1v) is 6.77. The Morgan fingerprint density at radius 3 is 2.74 bits per heavy atom. The number of hydrogen-bond donors (Lipinski definition) is 2. The van der Waals surface area contributed by atoms with E-state index >= 15 is 0 Å². The molecular weight excluding hydrogens is 329 g/mol. The fourth-order valence-corrected chi connectivity index (χ4v) is 2.19. The molecule has 2 rings (SSSR count). The van der Waals surface area contributed by atoms with Crippen LogP contribution in [0.15, 0.2) is 45.8 Å². The van der Waals surface area contributed by atoms with Crippen molar-refractivity contribution in [3.05, 3.63) is 57.8 Å². The molecule has 0 saturated heterocycles. The Kier molecular flexibility index (Phi) is 4.27. The normalized spacial score (nSPS) is 10.3. The number of hydrogen-bond acceptors (Lipinski definition) is 2. The zero-order valence-corrected chi connectivity index (χ0v) is 12.6. The molecule has 0 spiro atoms. The average molecular weight is 340 g/mol. The van der Waals surface area contributed by atoms with Gasteiger partial charge in [-0.3, -0.25) is 4.79 Å². The van der Waals surface area contributed by atoms with Gasteiger partial charge in [0, 0.05) is 16.1 Å². The monoisotopic (exact) mass is 339 g/mol. The van der Waals surface area contributed by atoms with Crippen LogP contribution in [-0.2, 0) is 0 Å². The Morgan fingerprint density at radius 2 is 2.05 bits per heavy atom. The maximum atomic E-state index is 13.3. The van der Waals surface area contributed by atoms with Crippen molar-refractivity contribution in [3.8, 4) is 0 Å². The van der Waals surface area contributed by atoms with Gasteiger partial charge >= 0.3 is 0 Å². The van der Waals surface area contributed by atoms with E-state index in [9.17, 15) is 9.18 Å². The van der Waals surface area contributed by atoms with Crippen molar-refractivity contribution < 1.29 is 9.18 Å². The molecule has 2 aromatic carbocycles. The maximum absolute atomic E-state index is 13.3. The number of anilines is 1. The third-order valence-electron chi connectivity index (χ3n) is 2.62. The van der Waals surface area contributed by atoms with Crippen LogP contribution in [0.3, 0.4) is 0 Å². The molecule has 19 heavy (non-hydrogen) atoms. The Labute approximate surface area is 124 Å². The van der Waals surface area contributed by atoms with Crippen LogP contribution < -0.4 is 5.32 Å². The summed E-state index contributed by atoms with van der Waals surface area (Å²) < 4.78 is 13.6. The van der Waals surface area contributed by atoms with E-state index in [-0.39, 0.29) is 11.7 Å². The summed E-state index contributed by atoms with van der Waals surface area (Å²) in [6.07, 6.45) is 0. The Balaban J connectivity index is 2.27. The molecule has 1 N–H and O–H groups in total. The predicted molar refractivity (Wildman–Crippen MR) is 80.5 cm³/mol. The van der Waals surface area contributed by atoms with Gasteiger partial charge in [0.05, 0.1) is 4.47 Å². The number of nitrogens with one attached hydrogen (secondary N) is 1. The molecular formula is C14H11BrFNOS. The van der Waals surface area contributed by atoms with Crippen LogP contribution in [-0.4, -0.2) is 5.91 Å². The molecule has 2 nitrogen and oxygen atoms in total. The molecule has 2 aromatic rings. The van der Waals surface area contributed by atoms with E-state index in [4.69, 9.17) is 0 Å². The van der Waals surface area contributed by atoms with Crippen LogP contribution in [0.25, 0.3) is 0 Å². The third kappa shape index (κ3) is 3.36. The summed E-state index contributed by atoms with van der Waals surface area (Å²) >= 11 is 7.29. The van der Waals surface area contributed by atoms with Crippen LogP contribution in [0, 0.1) is 12.7 Å². The van der Waals surface area contributed by atoms with E-state index in [2.05, 4.69) is 33.9 Å². The molecule has 0 saturated carbocycles. The topological polar surface area (TPSA) is 29.1 Å². The van der Waals surface area contributed by atoms with E-state index in [1.807, 2.05) is 0 Å². The van der Waals surface area contributed by atoms with Crippen LogP contribution in [0.1, 0.15) is 15.9 Å². The lowest BCUT2D eigenvalue weighted by atomic mass is 10.1. The second-order valence-electron chi connectivity index (χ2n) is 4.09. The van der Waals surface area contributed by atoms with Gasteiger partial charge in [0.2, 0.25) is 0 Å². The second-order valence-corrected chi connectivity index (χ2v) is 5.46. The second kappa shape index (κ2) is 5.75. The molecule has 0 radical (unpaired) electrons. The summed E-state index contributed by atoms with van der Waals surface area (Å²) in [5.41, 5.74) is 1.74. The number of carbonyl (C=O) groups excluding carboxylic acids is 1. The summed E-state index contributed by atoms with van der Waals surface area (Å²) in [6.45, 7) is 1.74. The number of aryl methyl sites for hydroxylation is 1. The van der Waals surface area contributed by atoms with Gasteiger partial charge < -0.3 is 5.32 Å². The highest BCUT2D eigenvalue weighted by Crippen LogP contribution is 2.24. The van der Waals surface area contributed by atoms with Gasteiger partial charge in [0.1, 0.15) is 5.82 Å². The SMILES string of the molecule is Cc1cc(F)c(Br)cc1NC(=O)c1cccc(S)c1.